The van der Waals surface area contributed by atoms with Gasteiger partial charge in [0.15, 0.2) is 5.71 Å². The molecule has 0 aliphatic carbocycles. The number of nitrogens with zero attached hydrogens (tertiary/aromatic N) is 2. The number of carbonyl (C=O) groups excluding carboxylic acids is 1. The number of halogens is 1. The topological polar surface area (TPSA) is 102 Å². The Morgan fingerprint density at radius 1 is 0.919 bits per heavy atom. The quantitative estimate of drug-likeness (QED) is 0.209. The van der Waals surface area contributed by atoms with Crippen molar-refractivity contribution >= 4 is 46.3 Å². The molecule has 184 valence electrons. The first kappa shape index (κ1) is 24.1. The summed E-state index contributed by atoms with van der Waals surface area (Å²) in [5, 5.41) is 25.2. The summed E-state index contributed by atoms with van der Waals surface area (Å²) in [6, 6.07) is 22.3. The fraction of sp³-hybridized carbons (Fsp3) is 0.0690. The molecule has 0 fully saturated rings. The standard InChI is InChI=1S/C29H22ClN3O4/c1-16-10-11-18(12-17(16)2)23-14-20(30)15-24(27(23)34)31-32-26-22-8-3-4-9-25(22)33(28(26)35)21-7-5-6-19(13-21)29(36)37/h3-15,31,34H,1-2H3,(H,36,37)/b32-26-. The van der Waals surface area contributed by atoms with Gasteiger partial charge in [0.1, 0.15) is 11.4 Å². The Kier molecular flexibility index (Phi) is 6.15. The number of hydrogen-bond donors (Lipinski definition) is 3. The molecule has 5 rings (SSSR count). The Morgan fingerprint density at radius 2 is 1.70 bits per heavy atom. The number of amides is 1. The second-order valence-electron chi connectivity index (χ2n) is 8.73. The van der Waals surface area contributed by atoms with Crippen LogP contribution in [0.4, 0.5) is 17.1 Å². The van der Waals surface area contributed by atoms with Crippen molar-refractivity contribution < 1.29 is 19.8 Å². The number of aromatic carboxylic acids is 1. The summed E-state index contributed by atoms with van der Waals surface area (Å²) < 4.78 is 0. The third-order valence-electron chi connectivity index (χ3n) is 6.34. The smallest absolute Gasteiger partial charge is 0.335 e. The number of rotatable bonds is 5. The number of para-hydroxylation sites is 1. The fourth-order valence-corrected chi connectivity index (χ4v) is 4.49. The van der Waals surface area contributed by atoms with Crippen molar-refractivity contribution in [2.45, 2.75) is 13.8 Å². The molecule has 0 radical (unpaired) electrons. The Balaban J connectivity index is 1.54. The summed E-state index contributed by atoms with van der Waals surface area (Å²) in [5.41, 5.74) is 8.32. The molecule has 0 bridgehead atoms. The molecular weight excluding hydrogens is 490 g/mol. The van der Waals surface area contributed by atoms with Gasteiger partial charge in [-0.3, -0.25) is 15.1 Å². The normalized spacial score (nSPS) is 13.6. The number of hydrazone groups is 1. The minimum absolute atomic E-state index is 0.0539. The minimum Gasteiger partial charge on any atom is -0.505 e. The molecule has 0 spiro atoms. The van der Waals surface area contributed by atoms with E-state index in [1.807, 2.05) is 32.0 Å². The molecule has 0 saturated carbocycles. The van der Waals surface area contributed by atoms with Crippen LogP contribution in [0.15, 0.2) is 84.0 Å². The molecule has 1 heterocycles. The fourth-order valence-electron chi connectivity index (χ4n) is 4.27. The van der Waals surface area contributed by atoms with Crippen LogP contribution in [0.5, 0.6) is 5.75 Å². The molecule has 0 unspecified atom stereocenters. The highest BCUT2D eigenvalue weighted by atomic mass is 35.5. The van der Waals surface area contributed by atoms with Gasteiger partial charge in [-0.2, -0.15) is 5.10 Å². The Labute approximate surface area is 218 Å². The molecule has 4 aromatic rings. The van der Waals surface area contributed by atoms with E-state index in [9.17, 15) is 19.8 Å². The predicted octanol–water partition coefficient (Wildman–Crippen LogP) is 6.52. The number of nitrogens with one attached hydrogen (secondary N) is 1. The van der Waals surface area contributed by atoms with Crippen LogP contribution in [0.2, 0.25) is 5.02 Å². The van der Waals surface area contributed by atoms with E-state index in [0.29, 0.717) is 27.5 Å². The second kappa shape index (κ2) is 9.44. The first-order valence-electron chi connectivity index (χ1n) is 11.5. The zero-order valence-corrected chi connectivity index (χ0v) is 20.7. The van der Waals surface area contributed by atoms with E-state index in [1.54, 1.807) is 42.5 Å². The van der Waals surface area contributed by atoms with Gasteiger partial charge in [-0.15, -0.1) is 0 Å². The number of carboxylic acids is 1. The van der Waals surface area contributed by atoms with Crippen LogP contribution < -0.4 is 10.3 Å². The number of phenolic OH excluding ortho intramolecular Hbond substituents is 1. The predicted molar refractivity (Wildman–Crippen MR) is 145 cm³/mol. The minimum atomic E-state index is -1.09. The maximum absolute atomic E-state index is 13.5. The van der Waals surface area contributed by atoms with Gasteiger partial charge in [-0.25, -0.2) is 4.79 Å². The molecule has 0 atom stereocenters. The van der Waals surface area contributed by atoms with Gasteiger partial charge in [0.2, 0.25) is 0 Å². The Morgan fingerprint density at radius 3 is 2.46 bits per heavy atom. The lowest BCUT2D eigenvalue weighted by molar-refractivity contribution is -0.111. The lowest BCUT2D eigenvalue weighted by atomic mass is 9.99. The van der Waals surface area contributed by atoms with Crippen molar-refractivity contribution in [1.29, 1.82) is 0 Å². The van der Waals surface area contributed by atoms with Gasteiger partial charge in [0.25, 0.3) is 5.91 Å². The lowest BCUT2D eigenvalue weighted by Gasteiger charge is -2.17. The van der Waals surface area contributed by atoms with Crippen LogP contribution in [0.25, 0.3) is 11.1 Å². The van der Waals surface area contributed by atoms with Gasteiger partial charge in [0, 0.05) is 16.1 Å². The van der Waals surface area contributed by atoms with Crippen molar-refractivity contribution in [3.05, 3.63) is 106 Å². The van der Waals surface area contributed by atoms with Crippen molar-refractivity contribution in [2.24, 2.45) is 5.10 Å². The molecule has 4 aromatic carbocycles. The molecule has 3 N–H and O–H groups in total. The highest BCUT2D eigenvalue weighted by molar-refractivity contribution is 6.55. The number of benzene rings is 4. The molecule has 1 amide bonds. The zero-order valence-electron chi connectivity index (χ0n) is 20.0. The number of aryl methyl sites for hydroxylation is 2. The van der Waals surface area contributed by atoms with Crippen LogP contribution in [0, 0.1) is 13.8 Å². The van der Waals surface area contributed by atoms with Crippen LogP contribution in [0.3, 0.4) is 0 Å². The molecule has 1 aliphatic rings. The van der Waals surface area contributed by atoms with Crippen molar-refractivity contribution in [3.63, 3.8) is 0 Å². The molecule has 0 aromatic heterocycles. The number of carboxylic acid groups (broad SMARTS) is 1. The van der Waals surface area contributed by atoms with E-state index in [0.717, 1.165) is 16.7 Å². The third kappa shape index (κ3) is 4.41. The van der Waals surface area contributed by atoms with Crippen molar-refractivity contribution in [3.8, 4) is 16.9 Å². The molecule has 7 nitrogen and oxygen atoms in total. The number of anilines is 3. The van der Waals surface area contributed by atoms with E-state index in [-0.39, 0.29) is 22.7 Å². The zero-order chi connectivity index (χ0) is 26.3. The van der Waals surface area contributed by atoms with Crippen LogP contribution >= 0.6 is 11.6 Å². The van der Waals surface area contributed by atoms with E-state index in [1.165, 1.54) is 23.1 Å². The molecule has 0 saturated heterocycles. The first-order chi connectivity index (χ1) is 17.7. The maximum atomic E-state index is 13.5. The summed E-state index contributed by atoms with van der Waals surface area (Å²) >= 11 is 6.37. The van der Waals surface area contributed by atoms with Gasteiger partial charge in [-0.05, 0) is 66.9 Å². The van der Waals surface area contributed by atoms with Crippen LogP contribution in [-0.4, -0.2) is 27.8 Å². The Bertz CT molecular complexity index is 1610. The van der Waals surface area contributed by atoms with E-state index in [2.05, 4.69) is 10.5 Å². The Hall–Kier alpha value is -4.62. The molecule has 37 heavy (non-hydrogen) atoms. The first-order valence-corrected chi connectivity index (χ1v) is 11.8. The molecule has 1 aliphatic heterocycles. The van der Waals surface area contributed by atoms with E-state index in [4.69, 9.17) is 11.6 Å². The molecule has 8 heteroatoms. The number of fused-ring (bicyclic) bond motifs is 1. The largest absolute Gasteiger partial charge is 0.505 e. The van der Waals surface area contributed by atoms with Crippen molar-refractivity contribution in [2.75, 3.05) is 10.3 Å². The maximum Gasteiger partial charge on any atom is 0.335 e. The van der Waals surface area contributed by atoms with Gasteiger partial charge < -0.3 is 10.2 Å². The monoisotopic (exact) mass is 511 g/mol. The summed E-state index contributed by atoms with van der Waals surface area (Å²) in [5.74, 6) is -1.58. The highest BCUT2D eigenvalue weighted by Gasteiger charge is 2.35. The summed E-state index contributed by atoms with van der Waals surface area (Å²) in [4.78, 5) is 26.4. The summed E-state index contributed by atoms with van der Waals surface area (Å²) in [6.45, 7) is 4.00. The number of carbonyl (C=O) groups is 2. The second-order valence-corrected chi connectivity index (χ2v) is 9.17. The van der Waals surface area contributed by atoms with Gasteiger partial charge >= 0.3 is 5.97 Å². The third-order valence-corrected chi connectivity index (χ3v) is 6.56. The van der Waals surface area contributed by atoms with E-state index < -0.39 is 11.9 Å². The highest BCUT2D eigenvalue weighted by Crippen LogP contribution is 2.40. The molecular formula is C29H22ClN3O4. The number of aromatic hydroxyl groups is 1. The summed E-state index contributed by atoms with van der Waals surface area (Å²) in [6.07, 6.45) is 0. The van der Waals surface area contributed by atoms with Crippen molar-refractivity contribution in [1.82, 2.24) is 0 Å². The average Bonchev–Trinajstić information content (AvgIpc) is 3.17. The van der Waals surface area contributed by atoms with Gasteiger partial charge in [0.05, 0.1) is 16.9 Å². The SMILES string of the molecule is Cc1ccc(-c2cc(Cl)cc(N/N=C3\C(=O)N(c4cccc(C(=O)O)c4)c4ccccc43)c2O)cc1C. The van der Waals surface area contributed by atoms with Crippen LogP contribution in [0.1, 0.15) is 27.0 Å². The average molecular weight is 512 g/mol. The van der Waals surface area contributed by atoms with Crippen LogP contribution in [-0.2, 0) is 4.79 Å². The summed E-state index contributed by atoms with van der Waals surface area (Å²) in [7, 11) is 0. The van der Waals surface area contributed by atoms with Gasteiger partial charge in [-0.1, -0.05) is 54.1 Å². The number of hydrogen-bond acceptors (Lipinski definition) is 5. The number of phenols is 1. The lowest BCUT2D eigenvalue weighted by Crippen LogP contribution is -2.26. The van der Waals surface area contributed by atoms with E-state index >= 15 is 0 Å².